The van der Waals surface area contributed by atoms with Crippen LogP contribution in [0, 0.1) is 0 Å². The molecule has 5 nitrogen and oxygen atoms in total. The van der Waals surface area contributed by atoms with Gasteiger partial charge in [0.05, 0.1) is 17.0 Å². The van der Waals surface area contributed by atoms with E-state index in [1.165, 1.54) is 23.9 Å². The van der Waals surface area contributed by atoms with E-state index in [1.54, 1.807) is 24.5 Å². The molecule has 3 aromatic rings. The van der Waals surface area contributed by atoms with Crippen LogP contribution in [0.2, 0.25) is 0 Å². The van der Waals surface area contributed by atoms with Crippen LogP contribution in [0.3, 0.4) is 0 Å². The maximum atomic E-state index is 12.5. The van der Waals surface area contributed by atoms with E-state index < -0.39 is 11.7 Å². The number of rotatable bonds is 5. The number of pyridine rings is 1. The topological polar surface area (TPSA) is 67.8 Å². The molecule has 138 valence electrons. The molecule has 9 heteroatoms. The fourth-order valence-corrected chi connectivity index (χ4v) is 2.77. The molecule has 1 amide bonds. The van der Waals surface area contributed by atoms with Gasteiger partial charge < -0.3 is 5.32 Å². The summed E-state index contributed by atoms with van der Waals surface area (Å²) in [7, 11) is 0. The monoisotopic (exact) mass is 390 g/mol. The Kier molecular flexibility index (Phi) is 5.70. The van der Waals surface area contributed by atoms with Gasteiger partial charge >= 0.3 is 6.18 Å². The van der Waals surface area contributed by atoms with Crippen molar-refractivity contribution in [2.24, 2.45) is 0 Å². The van der Waals surface area contributed by atoms with E-state index in [1.807, 2.05) is 12.1 Å². The van der Waals surface area contributed by atoms with Crippen LogP contribution in [-0.4, -0.2) is 26.8 Å². The van der Waals surface area contributed by atoms with Gasteiger partial charge in [0, 0.05) is 23.6 Å². The molecule has 2 heterocycles. The van der Waals surface area contributed by atoms with E-state index in [9.17, 15) is 18.0 Å². The third-order valence-electron chi connectivity index (χ3n) is 3.46. The van der Waals surface area contributed by atoms with Crippen molar-refractivity contribution in [1.29, 1.82) is 0 Å². The molecule has 0 radical (unpaired) electrons. The highest BCUT2D eigenvalue weighted by Gasteiger charge is 2.29. The number of halogens is 3. The lowest BCUT2D eigenvalue weighted by Gasteiger charge is -2.08. The van der Waals surface area contributed by atoms with E-state index in [4.69, 9.17) is 0 Å². The third-order valence-corrected chi connectivity index (χ3v) is 4.38. The first-order chi connectivity index (χ1) is 12.9. The first-order valence-electron chi connectivity index (χ1n) is 7.76. The van der Waals surface area contributed by atoms with Gasteiger partial charge in [0.15, 0.2) is 0 Å². The Bertz CT molecular complexity index is 901. The Morgan fingerprint density at radius 2 is 1.67 bits per heavy atom. The second-order valence-electron chi connectivity index (χ2n) is 5.40. The number of alkyl halides is 3. The molecule has 0 saturated heterocycles. The fraction of sp³-hybridized carbons (Fsp3) is 0.111. The van der Waals surface area contributed by atoms with Gasteiger partial charge in [0.25, 0.3) is 0 Å². The van der Waals surface area contributed by atoms with Crippen LogP contribution in [0.5, 0.6) is 0 Å². The quantitative estimate of drug-likeness (QED) is 0.659. The van der Waals surface area contributed by atoms with E-state index in [0.29, 0.717) is 16.4 Å². The van der Waals surface area contributed by atoms with Gasteiger partial charge in [-0.3, -0.25) is 9.78 Å². The van der Waals surface area contributed by atoms with Crippen molar-refractivity contribution in [2.45, 2.75) is 11.2 Å². The predicted molar refractivity (Wildman–Crippen MR) is 96.1 cm³/mol. The lowest BCUT2D eigenvalue weighted by molar-refractivity contribution is -0.137. The minimum Gasteiger partial charge on any atom is -0.325 e. The highest BCUT2D eigenvalue weighted by Crippen LogP contribution is 2.29. The molecule has 1 aromatic carbocycles. The van der Waals surface area contributed by atoms with Crippen LogP contribution in [0.4, 0.5) is 18.9 Å². The van der Waals surface area contributed by atoms with E-state index in [0.717, 1.165) is 17.7 Å². The summed E-state index contributed by atoms with van der Waals surface area (Å²) in [5.74, 6) is -0.288. The summed E-state index contributed by atoms with van der Waals surface area (Å²) in [5, 5.41) is 11.3. The molecule has 27 heavy (non-hydrogen) atoms. The molecule has 0 saturated carbocycles. The number of anilines is 1. The zero-order chi connectivity index (χ0) is 19.3. The average molecular weight is 390 g/mol. The van der Waals surface area contributed by atoms with Crippen molar-refractivity contribution < 1.29 is 18.0 Å². The molecule has 0 atom stereocenters. The van der Waals surface area contributed by atoms with Crippen LogP contribution in [-0.2, 0) is 11.0 Å². The maximum Gasteiger partial charge on any atom is 0.416 e. The van der Waals surface area contributed by atoms with Gasteiger partial charge in [-0.15, -0.1) is 10.2 Å². The Balaban J connectivity index is 1.53. The smallest absolute Gasteiger partial charge is 0.325 e. The summed E-state index contributed by atoms with van der Waals surface area (Å²) >= 11 is 1.18. The van der Waals surface area contributed by atoms with Crippen molar-refractivity contribution in [1.82, 2.24) is 15.2 Å². The highest BCUT2D eigenvalue weighted by molar-refractivity contribution is 7.99. The Hall–Kier alpha value is -2.94. The number of benzene rings is 1. The van der Waals surface area contributed by atoms with Crippen LogP contribution < -0.4 is 5.32 Å². The molecule has 3 rings (SSSR count). The predicted octanol–water partition coefficient (Wildman–Crippen LogP) is 4.29. The van der Waals surface area contributed by atoms with Crippen LogP contribution in [0.25, 0.3) is 11.3 Å². The van der Waals surface area contributed by atoms with Gasteiger partial charge in [0.2, 0.25) is 5.91 Å². The molecule has 1 N–H and O–H groups in total. The molecule has 0 bridgehead atoms. The standard InChI is InChI=1S/C18H13F3N4OS/c19-18(20,21)13-1-3-14(4-2-13)23-16(26)11-27-17-6-5-15(24-25-17)12-7-9-22-10-8-12/h1-10H,11H2,(H,23,26). The number of hydrogen-bond acceptors (Lipinski definition) is 5. The van der Waals surface area contributed by atoms with E-state index in [2.05, 4.69) is 20.5 Å². The average Bonchev–Trinajstić information content (AvgIpc) is 2.67. The molecule has 0 aliphatic rings. The van der Waals surface area contributed by atoms with Crippen molar-refractivity contribution in [2.75, 3.05) is 11.1 Å². The lowest BCUT2D eigenvalue weighted by atomic mass is 10.2. The largest absolute Gasteiger partial charge is 0.416 e. The number of nitrogens with one attached hydrogen (secondary N) is 1. The Morgan fingerprint density at radius 3 is 2.26 bits per heavy atom. The normalized spacial score (nSPS) is 11.2. The molecular weight excluding hydrogens is 377 g/mol. The molecule has 0 unspecified atom stereocenters. The van der Waals surface area contributed by atoms with Gasteiger partial charge in [0.1, 0.15) is 5.03 Å². The van der Waals surface area contributed by atoms with Gasteiger partial charge in [-0.05, 0) is 48.5 Å². The Labute approximate surface area is 157 Å². The van der Waals surface area contributed by atoms with Crippen LogP contribution >= 0.6 is 11.8 Å². The molecular formula is C18H13F3N4OS. The van der Waals surface area contributed by atoms with Gasteiger partial charge in [-0.1, -0.05) is 11.8 Å². The molecule has 0 aliphatic heterocycles. The molecule has 0 aliphatic carbocycles. The zero-order valence-corrected chi connectivity index (χ0v) is 14.6. The number of nitrogens with zero attached hydrogens (tertiary/aromatic N) is 3. The second kappa shape index (κ2) is 8.17. The second-order valence-corrected chi connectivity index (χ2v) is 6.40. The lowest BCUT2D eigenvalue weighted by Crippen LogP contribution is -2.14. The van der Waals surface area contributed by atoms with Gasteiger partial charge in [-0.25, -0.2) is 0 Å². The summed E-state index contributed by atoms with van der Waals surface area (Å²) in [6.45, 7) is 0. The summed E-state index contributed by atoms with van der Waals surface area (Å²) in [4.78, 5) is 15.9. The first-order valence-corrected chi connectivity index (χ1v) is 8.74. The fourth-order valence-electron chi connectivity index (χ4n) is 2.15. The summed E-state index contributed by atoms with van der Waals surface area (Å²) in [6.07, 6.45) is -1.09. The summed E-state index contributed by atoms with van der Waals surface area (Å²) < 4.78 is 37.6. The number of hydrogen-bond donors (Lipinski definition) is 1. The van der Waals surface area contributed by atoms with Crippen LogP contribution in [0.15, 0.2) is 66.0 Å². The van der Waals surface area contributed by atoms with Crippen molar-refractivity contribution in [3.8, 4) is 11.3 Å². The molecule has 0 fully saturated rings. The SMILES string of the molecule is O=C(CSc1ccc(-c2ccncc2)nn1)Nc1ccc(C(F)(F)F)cc1. The number of aromatic nitrogens is 3. The van der Waals surface area contributed by atoms with Crippen molar-refractivity contribution in [3.05, 3.63) is 66.5 Å². The third kappa shape index (κ3) is 5.27. The molecule has 0 spiro atoms. The Morgan fingerprint density at radius 1 is 0.963 bits per heavy atom. The van der Waals surface area contributed by atoms with Crippen molar-refractivity contribution >= 4 is 23.4 Å². The van der Waals surface area contributed by atoms with Crippen molar-refractivity contribution in [3.63, 3.8) is 0 Å². The minimum absolute atomic E-state index is 0.0598. The first kappa shape index (κ1) is 18.8. The number of thioether (sulfide) groups is 1. The van der Waals surface area contributed by atoms with E-state index in [-0.39, 0.29) is 11.7 Å². The number of carbonyl (C=O) groups is 1. The minimum atomic E-state index is -4.40. The van der Waals surface area contributed by atoms with E-state index >= 15 is 0 Å². The van der Waals surface area contributed by atoms with Gasteiger partial charge in [-0.2, -0.15) is 13.2 Å². The number of carbonyl (C=O) groups excluding carboxylic acids is 1. The summed E-state index contributed by atoms with van der Waals surface area (Å²) in [5.41, 5.74) is 1.11. The van der Waals surface area contributed by atoms with Crippen LogP contribution in [0.1, 0.15) is 5.56 Å². The highest BCUT2D eigenvalue weighted by atomic mass is 32.2. The summed E-state index contributed by atoms with van der Waals surface area (Å²) in [6, 6.07) is 11.4. The maximum absolute atomic E-state index is 12.5. The molecule has 2 aromatic heterocycles. The number of amides is 1. The zero-order valence-electron chi connectivity index (χ0n) is 13.8.